The van der Waals surface area contributed by atoms with Gasteiger partial charge in [0.2, 0.25) is 16.6 Å². The summed E-state index contributed by atoms with van der Waals surface area (Å²) in [6, 6.07) is 24.7. The Bertz CT molecular complexity index is 1500. The number of para-hydroxylation sites is 2. The predicted octanol–water partition coefficient (Wildman–Crippen LogP) is 6.68. The number of thioether (sulfide) groups is 1. The molecule has 0 aliphatic heterocycles. The third-order valence-electron chi connectivity index (χ3n) is 6.03. The molecule has 4 aromatic rings. The Kier molecular flexibility index (Phi) is 9.61. The van der Waals surface area contributed by atoms with Gasteiger partial charge < -0.3 is 10.2 Å². The summed E-state index contributed by atoms with van der Waals surface area (Å²) < 4.78 is 3.76. The van der Waals surface area contributed by atoms with Crippen molar-refractivity contribution < 1.29 is 9.59 Å². The predicted molar refractivity (Wildman–Crippen MR) is 162 cm³/mol. The molecule has 1 aromatic heterocycles. The summed E-state index contributed by atoms with van der Waals surface area (Å²) in [6.07, 6.45) is 0. The maximum atomic E-state index is 13.2. The second kappa shape index (κ2) is 13.1. The smallest absolute Gasteiger partial charge is 0.246 e. The first-order valence-corrected chi connectivity index (χ1v) is 14.4. The van der Waals surface area contributed by atoms with Gasteiger partial charge in [0.1, 0.15) is 12.4 Å². The van der Waals surface area contributed by atoms with E-state index in [1.807, 2.05) is 86.0 Å². The van der Waals surface area contributed by atoms with Crippen LogP contribution in [0, 0.1) is 11.7 Å². The summed E-state index contributed by atoms with van der Waals surface area (Å²) >= 11 is 13.4. The lowest BCUT2D eigenvalue weighted by atomic mass is 10.2. The molecule has 10 heteroatoms. The van der Waals surface area contributed by atoms with Crippen LogP contribution in [-0.2, 0) is 21.9 Å². The van der Waals surface area contributed by atoms with Crippen LogP contribution in [0.1, 0.15) is 25.2 Å². The summed E-state index contributed by atoms with van der Waals surface area (Å²) in [6.45, 7) is 5.79. The van der Waals surface area contributed by atoms with Crippen LogP contribution in [0.5, 0.6) is 0 Å². The van der Waals surface area contributed by atoms with Crippen molar-refractivity contribution in [3.05, 3.63) is 100 Å². The molecule has 0 saturated carbocycles. The van der Waals surface area contributed by atoms with E-state index in [9.17, 15) is 9.59 Å². The molecule has 0 bridgehead atoms. The molecule has 0 radical (unpaired) electrons. The van der Waals surface area contributed by atoms with E-state index in [0.29, 0.717) is 27.1 Å². The average molecular weight is 580 g/mol. The molecule has 202 valence electrons. The fourth-order valence-electron chi connectivity index (χ4n) is 4.17. The monoisotopic (exact) mass is 579 g/mol. The van der Waals surface area contributed by atoms with E-state index in [1.165, 1.54) is 16.4 Å². The molecule has 3 aromatic carbocycles. The van der Waals surface area contributed by atoms with Gasteiger partial charge in [0.25, 0.3) is 0 Å². The highest BCUT2D eigenvalue weighted by Crippen LogP contribution is 2.24. The van der Waals surface area contributed by atoms with E-state index in [-0.39, 0.29) is 30.2 Å². The van der Waals surface area contributed by atoms with Crippen LogP contribution < -0.4 is 10.2 Å². The van der Waals surface area contributed by atoms with E-state index in [2.05, 4.69) is 10.4 Å². The fraction of sp³-hybridized carbons (Fsp3) is 0.241. The number of hydrogen-bond acceptors (Lipinski definition) is 5. The number of nitrogens with one attached hydrogen (secondary N) is 1. The highest BCUT2D eigenvalue weighted by Gasteiger charge is 2.20. The van der Waals surface area contributed by atoms with E-state index in [1.54, 1.807) is 23.1 Å². The van der Waals surface area contributed by atoms with Crippen LogP contribution in [0.25, 0.3) is 5.69 Å². The summed E-state index contributed by atoms with van der Waals surface area (Å²) in [4.78, 5) is 27.9. The number of carbonyl (C=O) groups is 2. The van der Waals surface area contributed by atoms with Gasteiger partial charge in [-0.05, 0) is 75.0 Å². The van der Waals surface area contributed by atoms with Gasteiger partial charge in [-0.25, -0.2) is 4.68 Å². The quantitative estimate of drug-likeness (QED) is 0.212. The zero-order chi connectivity index (χ0) is 27.9. The number of halogens is 1. The van der Waals surface area contributed by atoms with E-state index in [4.69, 9.17) is 23.8 Å². The highest BCUT2D eigenvalue weighted by molar-refractivity contribution is 7.99. The second-order valence-corrected chi connectivity index (χ2v) is 10.9. The maximum Gasteiger partial charge on any atom is 0.246 e. The normalized spacial score (nSPS) is 11.0. The number of carbonyl (C=O) groups excluding carboxylic acids is 2. The lowest BCUT2D eigenvalue weighted by molar-refractivity contribution is -0.117. The Balaban J connectivity index is 1.52. The Morgan fingerprint density at radius 2 is 1.69 bits per heavy atom. The lowest BCUT2D eigenvalue weighted by Gasteiger charge is -2.26. The molecule has 0 aliphatic rings. The number of aromatic nitrogens is 3. The molecule has 1 N–H and O–H groups in total. The maximum absolute atomic E-state index is 13.2. The molecular formula is C29H30ClN5O2S2. The van der Waals surface area contributed by atoms with Gasteiger partial charge >= 0.3 is 0 Å². The van der Waals surface area contributed by atoms with Crippen molar-refractivity contribution in [2.24, 2.45) is 0 Å². The third-order valence-corrected chi connectivity index (χ3v) is 7.75. The Hall–Kier alpha value is -3.40. The standard InChI is InChI=1S/C29H30ClN5O2S2/c1-20(2)34(22-11-6-4-7-12-22)28(37)19-39-18-26-32-33(29(38)35(26)23-13-8-5-9-14-23)17-27(36)31-25-16-10-15-24(30)21(25)3/h4-16,20H,17-19H2,1-3H3,(H,31,36). The number of rotatable bonds is 10. The van der Waals surface area contributed by atoms with Crippen molar-refractivity contribution >= 4 is 58.8 Å². The number of amides is 2. The van der Waals surface area contributed by atoms with E-state index in [0.717, 1.165) is 16.9 Å². The fourth-order valence-corrected chi connectivity index (χ4v) is 5.45. The van der Waals surface area contributed by atoms with Gasteiger partial charge in [0.15, 0.2) is 0 Å². The molecule has 0 aliphatic carbocycles. The number of hydrogen-bond donors (Lipinski definition) is 1. The molecule has 4 rings (SSSR count). The average Bonchev–Trinajstić information content (AvgIpc) is 3.22. The molecular weight excluding hydrogens is 550 g/mol. The van der Waals surface area contributed by atoms with Crippen molar-refractivity contribution in [2.45, 2.75) is 39.1 Å². The van der Waals surface area contributed by atoms with Crippen LogP contribution >= 0.6 is 35.6 Å². The summed E-state index contributed by atoms with van der Waals surface area (Å²) in [5.41, 5.74) is 3.15. The first-order valence-electron chi connectivity index (χ1n) is 12.5. The third kappa shape index (κ3) is 6.98. The van der Waals surface area contributed by atoms with Gasteiger partial charge in [-0.3, -0.25) is 14.2 Å². The molecule has 7 nitrogen and oxygen atoms in total. The van der Waals surface area contributed by atoms with Crippen LogP contribution in [0.2, 0.25) is 5.02 Å². The minimum atomic E-state index is -0.265. The number of anilines is 2. The largest absolute Gasteiger partial charge is 0.324 e. The molecule has 39 heavy (non-hydrogen) atoms. The van der Waals surface area contributed by atoms with Crippen LogP contribution in [0.3, 0.4) is 0 Å². The first kappa shape index (κ1) is 28.6. The summed E-state index contributed by atoms with van der Waals surface area (Å²) in [5, 5.41) is 8.16. The van der Waals surface area contributed by atoms with Crippen molar-refractivity contribution in [1.29, 1.82) is 0 Å². The van der Waals surface area contributed by atoms with Crippen LogP contribution in [0.15, 0.2) is 78.9 Å². The van der Waals surface area contributed by atoms with Gasteiger partial charge in [0, 0.05) is 28.1 Å². The van der Waals surface area contributed by atoms with Gasteiger partial charge in [0.05, 0.1) is 11.5 Å². The lowest BCUT2D eigenvalue weighted by Crippen LogP contribution is -2.38. The SMILES string of the molecule is Cc1c(Cl)cccc1NC(=O)Cn1nc(CSCC(=O)N(c2ccccc2)C(C)C)n(-c2ccccc2)c1=S. The minimum Gasteiger partial charge on any atom is -0.324 e. The van der Waals surface area contributed by atoms with Gasteiger partial charge in [-0.1, -0.05) is 54.1 Å². The minimum absolute atomic E-state index is 0.0155. The molecule has 2 amide bonds. The molecule has 0 atom stereocenters. The zero-order valence-corrected chi connectivity index (χ0v) is 24.4. The van der Waals surface area contributed by atoms with Crippen molar-refractivity contribution in [3.8, 4) is 5.69 Å². The molecule has 0 unspecified atom stereocenters. The highest BCUT2D eigenvalue weighted by atomic mass is 35.5. The molecule has 1 heterocycles. The first-order chi connectivity index (χ1) is 18.8. The summed E-state index contributed by atoms with van der Waals surface area (Å²) in [5.74, 6) is 1.12. The van der Waals surface area contributed by atoms with Crippen molar-refractivity contribution in [1.82, 2.24) is 14.3 Å². The number of nitrogens with zero attached hydrogens (tertiary/aromatic N) is 4. The Morgan fingerprint density at radius 1 is 1.03 bits per heavy atom. The Labute approximate surface area is 242 Å². The van der Waals surface area contributed by atoms with Gasteiger partial charge in [-0.2, -0.15) is 5.10 Å². The van der Waals surface area contributed by atoms with Crippen LogP contribution in [0.4, 0.5) is 11.4 Å². The van der Waals surface area contributed by atoms with Crippen molar-refractivity contribution in [2.75, 3.05) is 16.0 Å². The molecule has 0 saturated heterocycles. The van der Waals surface area contributed by atoms with Crippen molar-refractivity contribution in [3.63, 3.8) is 0 Å². The van der Waals surface area contributed by atoms with E-state index < -0.39 is 0 Å². The zero-order valence-electron chi connectivity index (χ0n) is 22.0. The van der Waals surface area contributed by atoms with E-state index >= 15 is 0 Å². The summed E-state index contributed by atoms with van der Waals surface area (Å²) in [7, 11) is 0. The van der Waals surface area contributed by atoms with Crippen LogP contribution in [-0.4, -0.2) is 38.0 Å². The number of benzene rings is 3. The molecule has 0 fully saturated rings. The Morgan fingerprint density at radius 3 is 2.36 bits per heavy atom. The molecule has 0 spiro atoms. The van der Waals surface area contributed by atoms with Gasteiger partial charge in [-0.15, -0.1) is 11.8 Å². The second-order valence-electron chi connectivity index (χ2n) is 9.17. The topological polar surface area (TPSA) is 72.2 Å².